The minimum Gasteiger partial charge on any atom is -0.361 e. The second kappa shape index (κ2) is 4.72. The Morgan fingerprint density at radius 1 is 1.33 bits per heavy atom. The maximum Gasteiger partial charge on any atom is 0.202 e. The molecular weight excluding hydrogens is 274 g/mol. The van der Waals surface area contributed by atoms with Crippen molar-refractivity contribution in [3.05, 3.63) is 28.7 Å². The Hall–Kier alpha value is -0.940. The summed E-state index contributed by atoms with van der Waals surface area (Å²) in [6.07, 6.45) is 0. The van der Waals surface area contributed by atoms with E-state index in [4.69, 9.17) is 0 Å². The van der Waals surface area contributed by atoms with Crippen LogP contribution >= 0.6 is 27.5 Å². The lowest BCUT2D eigenvalue weighted by atomic mass is 10.2. The zero-order valence-electron chi connectivity index (χ0n) is 8.20. The molecular formula is C10H10BrN3S. The highest BCUT2D eigenvalue weighted by Gasteiger charge is 2.04. The summed E-state index contributed by atoms with van der Waals surface area (Å²) in [5.41, 5.74) is 1.04. The average Bonchev–Trinajstić information content (AvgIpc) is 2.68. The van der Waals surface area contributed by atoms with Gasteiger partial charge in [-0.2, -0.15) is 9.36 Å². The van der Waals surface area contributed by atoms with Gasteiger partial charge in [0.15, 0.2) is 5.82 Å². The van der Waals surface area contributed by atoms with Gasteiger partial charge in [0.05, 0.1) is 0 Å². The van der Waals surface area contributed by atoms with E-state index in [1.165, 1.54) is 11.5 Å². The molecule has 2 rings (SSSR count). The summed E-state index contributed by atoms with van der Waals surface area (Å²) in [7, 11) is 0. The van der Waals surface area contributed by atoms with Crippen LogP contribution in [0, 0.1) is 0 Å². The summed E-state index contributed by atoms with van der Waals surface area (Å²) in [4.78, 5) is 4.38. The fourth-order valence-electron chi connectivity index (χ4n) is 1.16. The van der Waals surface area contributed by atoms with Crippen LogP contribution < -0.4 is 5.32 Å². The predicted octanol–water partition coefficient (Wildman–Crippen LogP) is 3.40. The second-order valence-electron chi connectivity index (χ2n) is 2.96. The highest BCUT2D eigenvalue weighted by molar-refractivity contribution is 9.10. The van der Waals surface area contributed by atoms with Crippen molar-refractivity contribution in [3.8, 4) is 11.4 Å². The lowest BCUT2D eigenvalue weighted by Gasteiger charge is -1.95. The van der Waals surface area contributed by atoms with E-state index < -0.39 is 0 Å². The van der Waals surface area contributed by atoms with Crippen LogP contribution in [0.25, 0.3) is 11.4 Å². The molecule has 78 valence electrons. The first-order chi connectivity index (χ1) is 7.29. The van der Waals surface area contributed by atoms with Gasteiger partial charge in [0.1, 0.15) is 0 Å². The molecule has 0 fully saturated rings. The van der Waals surface area contributed by atoms with Gasteiger partial charge in [0, 0.05) is 28.1 Å². The van der Waals surface area contributed by atoms with Gasteiger partial charge in [-0.1, -0.05) is 28.1 Å². The maximum atomic E-state index is 4.38. The molecule has 1 N–H and O–H groups in total. The van der Waals surface area contributed by atoms with Crippen molar-refractivity contribution in [2.45, 2.75) is 6.92 Å². The summed E-state index contributed by atoms with van der Waals surface area (Å²) >= 11 is 4.79. The van der Waals surface area contributed by atoms with E-state index in [-0.39, 0.29) is 0 Å². The lowest BCUT2D eigenvalue weighted by molar-refractivity contribution is 1.19. The van der Waals surface area contributed by atoms with Crippen LogP contribution in [0.4, 0.5) is 5.13 Å². The Labute approximate surface area is 101 Å². The number of aromatic nitrogens is 2. The minimum absolute atomic E-state index is 0.781. The molecule has 0 amide bonds. The number of anilines is 1. The van der Waals surface area contributed by atoms with Gasteiger partial charge >= 0.3 is 0 Å². The predicted molar refractivity (Wildman–Crippen MR) is 67.2 cm³/mol. The molecule has 0 saturated carbocycles. The molecule has 0 aliphatic carbocycles. The molecule has 3 nitrogen and oxygen atoms in total. The van der Waals surface area contributed by atoms with Crippen molar-refractivity contribution in [2.75, 3.05) is 11.9 Å². The second-order valence-corrected chi connectivity index (χ2v) is 4.63. The first-order valence-electron chi connectivity index (χ1n) is 4.63. The summed E-state index contributed by atoms with van der Waals surface area (Å²) in [5.74, 6) is 0.781. The zero-order valence-corrected chi connectivity index (χ0v) is 10.6. The number of nitrogens with one attached hydrogen (secondary N) is 1. The number of rotatable bonds is 3. The summed E-state index contributed by atoms with van der Waals surface area (Å²) in [6, 6.07) is 7.98. The fourth-order valence-corrected chi connectivity index (χ4v) is 2.08. The number of nitrogens with zero attached hydrogens (tertiary/aromatic N) is 2. The molecule has 1 aromatic carbocycles. The van der Waals surface area contributed by atoms with Crippen molar-refractivity contribution in [1.82, 2.24) is 9.36 Å². The van der Waals surface area contributed by atoms with Gasteiger partial charge in [-0.05, 0) is 19.1 Å². The van der Waals surface area contributed by atoms with Gasteiger partial charge in [-0.25, -0.2) is 0 Å². The number of hydrogen-bond donors (Lipinski definition) is 1. The Morgan fingerprint density at radius 3 is 2.73 bits per heavy atom. The summed E-state index contributed by atoms with van der Waals surface area (Å²) < 4.78 is 5.35. The van der Waals surface area contributed by atoms with Gasteiger partial charge in [-0.15, -0.1) is 0 Å². The maximum absolute atomic E-state index is 4.38. The van der Waals surface area contributed by atoms with Gasteiger partial charge < -0.3 is 5.32 Å². The van der Waals surface area contributed by atoms with E-state index in [1.807, 2.05) is 31.2 Å². The first-order valence-corrected chi connectivity index (χ1v) is 6.19. The first kappa shape index (κ1) is 10.6. The van der Waals surface area contributed by atoms with Crippen LogP contribution in [0.5, 0.6) is 0 Å². The monoisotopic (exact) mass is 283 g/mol. The van der Waals surface area contributed by atoms with Crippen molar-refractivity contribution in [1.29, 1.82) is 0 Å². The fraction of sp³-hybridized carbons (Fsp3) is 0.200. The van der Waals surface area contributed by atoms with E-state index in [0.29, 0.717) is 0 Å². The van der Waals surface area contributed by atoms with Crippen molar-refractivity contribution < 1.29 is 0 Å². The Balaban J connectivity index is 2.25. The largest absolute Gasteiger partial charge is 0.361 e. The molecule has 15 heavy (non-hydrogen) atoms. The molecule has 0 bridgehead atoms. The molecule has 0 saturated heterocycles. The molecule has 0 atom stereocenters. The van der Waals surface area contributed by atoms with Crippen molar-refractivity contribution in [2.24, 2.45) is 0 Å². The van der Waals surface area contributed by atoms with Gasteiger partial charge in [0.2, 0.25) is 5.13 Å². The molecule has 1 heterocycles. The Morgan fingerprint density at radius 2 is 2.07 bits per heavy atom. The van der Waals surface area contributed by atoms with Gasteiger partial charge in [-0.3, -0.25) is 0 Å². The average molecular weight is 284 g/mol. The third-order valence-corrected chi connectivity index (χ3v) is 3.06. The third-order valence-electron chi connectivity index (χ3n) is 1.86. The van der Waals surface area contributed by atoms with Gasteiger partial charge in [0.25, 0.3) is 0 Å². The third kappa shape index (κ3) is 2.54. The van der Waals surface area contributed by atoms with Crippen LogP contribution in [-0.2, 0) is 0 Å². The topological polar surface area (TPSA) is 37.8 Å². The normalized spacial score (nSPS) is 10.3. The molecule has 1 aromatic heterocycles. The molecule has 5 heteroatoms. The van der Waals surface area contributed by atoms with Crippen LogP contribution in [0.15, 0.2) is 28.7 Å². The van der Waals surface area contributed by atoms with Crippen LogP contribution in [-0.4, -0.2) is 15.9 Å². The molecule has 0 aliphatic rings. The lowest BCUT2D eigenvalue weighted by Crippen LogP contribution is -1.94. The standard InChI is InChI=1S/C10H10BrN3S/c1-2-12-10-13-9(14-15-10)7-3-5-8(11)6-4-7/h3-6H,2H2,1H3,(H,12,13,14). The van der Waals surface area contributed by atoms with E-state index in [9.17, 15) is 0 Å². The van der Waals surface area contributed by atoms with E-state index >= 15 is 0 Å². The SMILES string of the molecule is CCNc1nc(-c2ccc(Br)cc2)ns1. The van der Waals surface area contributed by atoms with Crippen LogP contribution in [0.3, 0.4) is 0 Å². The Bertz CT molecular complexity index is 438. The molecule has 0 aliphatic heterocycles. The quantitative estimate of drug-likeness (QED) is 0.938. The van der Waals surface area contributed by atoms with Crippen LogP contribution in [0.2, 0.25) is 0 Å². The van der Waals surface area contributed by atoms with Crippen LogP contribution in [0.1, 0.15) is 6.92 Å². The summed E-state index contributed by atoms with van der Waals surface area (Å²) in [6.45, 7) is 2.91. The Kier molecular flexibility index (Phi) is 3.33. The number of hydrogen-bond acceptors (Lipinski definition) is 4. The number of benzene rings is 1. The van der Waals surface area contributed by atoms with E-state index in [2.05, 4.69) is 30.6 Å². The summed E-state index contributed by atoms with van der Waals surface area (Å²) in [5, 5.41) is 4.02. The highest BCUT2D eigenvalue weighted by Crippen LogP contribution is 2.22. The van der Waals surface area contributed by atoms with E-state index in [0.717, 1.165) is 27.5 Å². The molecule has 0 spiro atoms. The van der Waals surface area contributed by atoms with Crippen molar-refractivity contribution >= 4 is 32.6 Å². The molecule has 0 radical (unpaired) electrons. The molecule has 0 unspecified atom stereocenters. The highest BCUT2D eigenvalue weighted by atomic mass is 79.9. The van der Waals surface area contributed by atoms with Crippen molar-refractivity contribution in [3.63, 3.8) is 0 Å². The van der Waals surface area contributed by atoms with E-state index in [1.54, 1.807) is 0 Å². The smallest absolute Gasteiger partial charge is 0.202 e. The molecule has 2 aromatic rings. The zero-order chi connectivity index (χ0) is 10.7. The number of halogens is 1. The minimum atomic E-state index is 0.781.